The van der Waals surface area contributed by atoms with Crippen LogP contribution in [0.4, 0.5) is 0 Å². The summed E-state index contributed by atoms with van der Waals surface area (Å²) in [5.74, 6) is 0.874. The van der Waals surface area contributed by atoms with Crippen molar-refractivity contribution in [2.45, 2.75) is 117 Å². The first-order chi connectivity index (χ1) is 18.3. The van der Waals surface area contributed by atoms with E-state index in [0.717, 1.165) is 38.5 Å². The van der Waals surface area contributed by atoms with Crippen LogP contribution in [0.5, 0.6) is 0 Å². The highest BCUT2D eigenvalue weighted by Crippen LogP contribution is 2.45. The maximum absolute atomic E-state index is 13.0. The monoisotopic (exact) mass is 547 g/mol. The van der Waals surface area contributed by atoms with Gasteiger partial charge >= 0.3 is 5.97 Å². The normalized spacial score (nSPS) is 26.2. The number of fused-ring (bicyclic) bond motifs is 1. The molecule has 0 unspecified atom stereocenters. The van der Waals surface area contributed by atoms with Crippen molar-refractivity contribution in [3.8, 4) is 0 Å². The molecule has 0 spiro atoms. The van der Waals surface area contributed by atoms with Gasteiger partial charge in [-0.3, -0.25) is 14.6 Å². The highest BCUT2D eigenvalue weighted by Gasteiger charge is 2.42. The van der Waals surface area contributed by atoms with E-state index in [4.69, 9.17) is 16.2 Å². The Morgan fingerprint density at radius 3 is 2.54 bits per heavy atom. The van der Waals surface area contributed by atoms with Crippen molar-refractivity contribution in [3.63, 3.8) is 0 Å². The molecule has 0 aliphatic heterocycles. The molecule has 0 saturated carbocycles. The molecule has 222 valence electrons. The largest absolute Gasteiger partial charge is 0.461 e. The maximum atomic E-state index is 13.0. The number of ether oxygens (including phenoxy) is 1. The van der Waals surface area contributed by atoms with Gasteiger partial charge in [-0.2, -0.15) is 0 Å². The van der Waals surface area contributed by atoms with E-state index < -0.39 is 17.6 Å². The molecule has 0 aromatic heterocycles. The van der Waals surface area contributed by atoms with Crippen molar-refractivity contribution >= 4 is 17.7 Å². The van der Waals surface area contributed by atoms with E-state index in [1.165, 1.54) is 5.57 Å². The van der Waals surface area contributed by atoms with Crippen LogP contribution in [0.1, 0.15) is 98.8 Å². The Kier molecular flexibility index (Phi) is 13.2. The van der Waals surface area contributed by atoms with Crippen LogP contribution in [0.3, 0.4) is 0 Å². The molecule has 7 atom stereocenters. The summed E-state index contributed by atoms with van der Waals surface area (Å²) < 4.78 is 6.17. The van der Waals surface area contributed by atoms with Crippen molar-refractivity contribution in [1.82, 2.24) is 0 Å². The van der Waals surface area contributed by atoms with Crippen molar-refractivity contribution in [2.75, 3.05) is 6.54 Å². The number of guanidine groups is 1. The third kappa shape index (κ3) is 10.7. The van der Waals surface area contributed by atoms with Crippen molar-refractivity contribution in [2.24, 2.45) is 45.5 Å². The molecule has 0 saturated heterocycles. The molecule has 0 fully saturated rings. The van der Waals surface area contributed by atoms with E-state index in [0.29, 0.717) is 25.3 Å². The first-order valence-corrected chi connectivity index (χ1v) is 14.9. The lowest BCUT2D eigenvalue weighted by atomic mass is 9.65. The molecule has 6 N–H and O–H groups in total. The van der Waals surface area contributed by atoms with Crippen LogP contribution >= 0.6 is 0 Å². The summed E-state index contributed by atoms with van der Waals surface area (Å²) in [6, 6.07) is 0. The summed E-state index contributed by atoms with van der Waals surface area (Å²) in [7, 11) is 0. The highest BCUT2D eigenvalue weighted by atomic mass is 16.5. The lowest BCUT2D eigenvalue weighted by Gasteiger charge is -2.44. The van der Waals surface area contributed by atoms with Gasteiger partial charge in [0.25, 0.3) is 0 Å². The number of rotatable bonds is 16. The average molecular weight is 548 g/mol. The maximum Gasteiger partial charge on any atom is 0.311 e. The van der Waals surface area contributed by atoms with E-state index in [2.05, 4.69) is 37.1 Å². The summed E-state index contributed by atoms with van der Waals surface area (Å²) in [6.45, 7) is 10.8. The predicted octanol–water partition coefficient (Wildman–Crippen LogP) is 4.42. The molecular formula is C31H53N3O5. The number of ketones is 1. The van der Waals surface area contributed by atoms with E-state index in [9.17, 15) is 19.8 Å². The molecular weight excluding hydrogens is 494 g/mol. The number of aliphatic imine (C=N–C) groups is 1. The van der Waals surface area contributed by atoms with Gasteiger partial charge in [-0.15, -0.1) is 0 Å². The quantitative estimate of drug-likeness (QED) is 0.0967. The lowest BCUT2D eigenvalue weighted by molar-refractivity contribution is -0.164. The molecule has 0 aromatic rings. The summed E-state index contributed by atoms with van der Waals surface area (Å²) >= 11 is 0. The second kappa shape index (κ2) is 15.6. The summed E-state index contributed by atoms with van der Waals surface area (Å²) in [5, 5.41) is 21.2. The molecule has 8 nitrogen and oxygen atoms in total. The Balaban J connectivity index is 1.88. The molecule has 39 heavy (non-hydrogen) atoms. The number of carbonyl (C=O) groups is 2. The fraction of sp³-hybridized carbons (Fsp3) is 0.774. The Labute approximate surface area is 235 Å². The van der Waals surface area contributed by atoms with Crippen molar-refractivity contribution in [3.05, 3.63) is 23.8 Å². The second-order valence-corrected chi connectivity index (χ2v) is 12.4. The minimum atomic E-state index is -0.853. The second-order valence-electron chi connectivity index (χ2n) is 12.4. The number of nitrogens with zero attached hydrogens (tertiary/aromatic N) is 1. The van der Waals surface area contributed by atoms with Gasteiger partial charge < -0.3 is 26.4 Å². The molecule has 0 heterocycles. The Bertz CT molecular complexity index is 893. The van der Waals surface area contributed by atoms with Crippen LogP contribution in [0.15, 0.2) is 28.8 Å². The van der Waals surface area contributed by atoms with Crippen molar-refractivity contribution in [1.29, 1.82) is 0 Å². The van der Waals surface area contributed by atoms with Gasteiger partial charge in [0, 0.05) is 25.3 Å². The van der Waals surface area contributed by atoms with E-state index >= 15 is 0 Å². The zero-order valence-corrected chi connectivity index (χ0v) is 24.8. The first-order valence-electron chi connectivity index (χ1n) is 14.9. The summed E-state index contributed by atoms with van der Waals surface area (Å²) in [4.78, 5) is 29.2. The Morgan fingerprint density at radius 2 is 1.87 bits per heavy atom. The summed E-state index contributed by atoms with van der Waals surface area (Å²) in [5.41, 5.74) is 11.3. The van der Waals surface area contributed by atoms with E-state index in [1.54, 1.807) is 0 Å². The Morgan fingerprint density at radius 1 is 1.15 bits per heavy atom. The van der Waals surface area contributed by atoms with E-state index in [-0.39, 0.29) is 54.4 Å². The molecule has 2 aliphatic carbocycles. The zero-order chi connectivity index (χ0) is 29.2. The van der Waals surface area contributed by atoms with Gasteiger partial charge in [0.15, 0.2) is 5.96 Å². The zero-order valence-electron chi connectivity index (χ0n) is 24.8. The fourth-order valence-electron chi connectivity index (χ4n) is 5.75. The average Bonchev–Trinajstić information content (AvgIpc) is 2.85. The van der Waals surface area contributed by atoms with Crippen molar-refractivity contribution < 1.29 is 24.5 Å². The number of carbonyl (C=O) groups excluding carboxylic acids is 2. The third-order valence-electron chi connectivity index (χ3n) is 8.54. The minimum Gasteiger partial charge on any atom is -0.461 e. The summed E-state index contributed by atoms with van der Waals surface area (Å²) in [6.07, 6.45) is 10.8. The van der Waals surface area contributed by atoms with Gasteiger partial charge in [0.2, 0.25) is 0 Å². The van der Waals surface area contributed by atoms with Gasteiger partial charge in [0.05, 0.1) is 17.6 Å². The lowest BCUT2D eigenvalue weighted by Crippen LogP contribution is -2.43. The van der Waals surface area contributed by atoms with Crippen LogP contribution in [0.2, 0.25) is 0 Å². The van der Waals surface area contributed by atoms with Crippen LogP contribution in [-0.2, 0) is 14.3 Å². The van der Waals surface area contributed by atoms with Crippen LogP contribution in [0, 0.1) is 29.1 Å². The molecule has 0 bridgehead atoms. The van der Waals surface area contributed by atoms with Crippen LogP contribution in [0.25, 0.3) is 0 Å². The molecule has 0 aromatic carbocycles. The standard InChI is InChI=1S/C31H53N3O5/c1-6-31(4,5)29(38)39-27-17-20(2)16-22-12-11-21(3)26(28(22)27)14-13-24(36)19-25(37)18-23(35)10-8-7-9-15-34-30(32)33/h11-12,16,20-21,24-28,36-37H,6-10,13-15,17-19H2,1-5H3,(H4,32,33,34)/t20-,21-,24+,25-,26-,27-,28-/m0/s1. The molecule has 2 rings (SSSR count). The smallest absolute Gasteiger partial charge is 0.311 e. The van der Waals surface area contributed by atoms with Crippen LogP contribution < -0.4 is 11.5 Å². The Hall–Kier alpha value is -2.19. The molecule has 2 aliphatic rings. The van der Waals surface area contributed by atoms with Gasteiger partial charge in [-0.25, -0.2) is 0 Å². The number of unbranched alkanes of at least 4 members (excludes halogenated alkanes) is 2. The number of nitrogens with two attached hydrogens (primary N) is 2. The number of esters is 1. The number of hydrogen-bond donors (Lipinski definition) is 4. The topological polar surface area (TPSA) is 148 Å². The first kappa shape index (κ1) is 33.0. The van der Waals surface area contributed by atoms with Gasteiger partial charge in [-0.05, 0) is 82.1 Å². The van der Waals surface area contributed by atoms with Gasteiger partial charge in [0.1, 0.15) is 11.9 Å². The number of Topliss-reactive ketones (excluding diaryl/α,β-unsaturated/α-hetero) is 1. The third-order valence-corrected chi connectivity index (χ3v) is 8.54. The molecule has 0 amide bonds. The number of aliphatic hydroxyl groups excluding tert-OH is 2. The van der Waals surface area contributed by atoms with Gasteiger partial charge in [-0.1, -0.05) is 45.4 Å². The predicted molar refractivity (Wildman–Crippen MR) is 156 cm³/mol. The minimum absolute atomic E-state index is 0.00773. The number of hydrogen-bond acceptors (Lipinski definition) is 6. The van der Waals surface area contributed by atoms with E-state index in [1.807, 2.05) is 20.8 Å². The molecule has 8 heteroatoms. The number of aliphatic hydroxyl groups is 2. The highest BCUT2D eigenvalue weighted by molar-refractivity contribution is 5.78. The van der Waals surface area contributed by atoms with Crippen LogP contribution in [-0.4, -0.2) is 52.8 Å². The SMILES string of the molecule is CCC(C)(C)C(=O)O[C@H]1C[C@@H](C)C=C2C=C[C@H](C)[C@H](CC[C@@H](O)C[C@@H](O)CC(=O)CCCCCN=C(N)N)[C@H]21. The number of allylic oxidation sites excluding steroid dienone is 3. The molecule has 0 radical (unpaired) electrons. The fourth-order valence-corrected chi connectivity index (χ4v) is 5.75.